The molecular weight excluding hydrogens is 509 g/mol. The van der Waals surface area contributed by atoms with Gasteiger partial charge in [0.05, 0.1) is 17.0 Å². The first kappa shape index (κ1) is 25.6. The summed E-state index contributed by atoms with van der Waals surface area (Å²) in [6.07, 6.45) is -0.132. The highest BCUT2D eigenvalue weighted by atomic mass is 19.1. The molecule has 0 bridgehead atoms. The van der Waals surface area contributed by atoms with Crippen molar-refractivity contribution < 1.29 is 33.2 Å². The molecule has 198 valence electrons. The standard InChI is InChI=1S/C28H22FN3O7/c29-19-8-11-22-23(14-30-24(22)12-19)26(33)25-13-21(39-27(34)18-6-9-20(10-7-18)32(36)37)15-31(25)28(35)38-16-17-4-2-1-3-5-17/h1-12,14,21,25,30H,13,15-16H2/t21?,25-/m0/s1. The number of rotatable bonds is 7. The molecule has 1 aliphatic heterocycles. The fourth-order valence-electron chi connectivity index (χ4n) is 4.56. The van der Waals surface area contributed by atoms with Crippen molar-refractivity contribution in [3.8, 4) is 0 Å². The molecule has 3 aromatic carbocycles. The van der Waals surface area contributed by atoms with E-state index in [1.165, 1.54) is 53.6 Å². The minimum absolute atomic E-state index is 0.00581. The van der Waals surface area contributed by atoms with Crippen molar-refractivity contribution in [1.29, 1.82) is 0 Å². The van der Waals surface area contributed by atoms with E-state index in [1.807, 2.05) is 6.07 Å². The maximum Gasteiger partial charge on any atom is 0.410 e. The van der Waals surface area contributed by atoms with Gasteiger partial charge in [0.2, 0.25) is 0 Å². The number of likely N-dealkylation sites (tertiary alicyclic amines) is 1. The molecule has 5 rings (SSSR count). The van der Waals surface area contributed by atoms with Gasteiger partial charge >= 0.3 is 12.1 Å². The van der Waals surface area contributed by atoms with Gasteiger partial charge in [-0.1, -0.05) is 30.3 Å². The van der Waals surface area contributed by atoms with Crippen LogP contribution in [-0.4, -0.2) is 51.3 Å². The van der Waals surface area contributed by atoms with Crippen LogP contribution in [-0.2, 0) is 16.1 Å². The van der Waals surface area contributed by atoms with E-state index >= 15 is 0 Å². The molecular formula is C28H22FN3O7. The fraction of sp³-hybridized carbons (Fsp3) is 0.179. The molecule has 39 heavy (non-hydrogen) atoms. The van der Waals surface area contributed by atoms with Crippen LogP contribution in [0.4, 0.5) is 14.9 Å². The van der Waals surface area contributed by atoms with Gasteiger partial charge in [0.25, 0.3) is 5.69 Å². The third kappa shape index (κ3) is 5.47. The highest BCUT2D eigenvalue weighted by Gasteiger charge is 2.43. The van der Waals surface area contributed by atoms with E-state index in [4.69, 9.17) is 9.47 Å². The summed E-state index contributed by atoms with van der Waals surface area (Å²) in [5, 5.41) is 11.4. The first-order chi connectivity index (χ1) is 18.8. The molecule has 1 aromatic heterocycles. The summed E-state index contributed by atoms with van der Waals surface area (Å²) in [5.74, 6) is -1.63. The number of esters is 1. The summed E-state index contributed by atoms with van der Waals surface area (Å²) < 4.78 is 24.7. The molecule has 4 aromatic rings. The minimum atomic E-state index is -1.01. The molecule has 11 heteroatoms. The SMILES string of the molecule is O=C(OC1C[C@@H](C(=O)c2c[nH]c3cc(F)ccc23)N(C(=O)OCc2ccccc2)C1)c1ccc([N+](=O)[O-])cc1. The van der Waals surface area contributed by atoms with Crippen LogP contribution in [0.2, 0.25) is 0 Å². The van der Waals surface area contributed by atoms with Crippen LogP contribution in [0.3, 0.4) is 0 Å². The number of halogens is 1. The molecule has 2 atom stereocenters. The molecule has 1 unspecified atom stereocenters. The third-order valence-electron chi connectivity index (χ3n) is 6.50. The monoisotopic (exact) mass is 531 g/mol. The average molecular weight is 531 g/mol. The second kappa shape index (κ2) is 10.7. The van der Waals surface area contributed by atoms with E-state index in [-0.39, 0.29) is 36.4 Å². The first-order valence-corrected chi connectivity index (χ1v) is 12.0. The zero-order valence-electron chi connectivity index (χ0n) is 20.4. The Morgan fingerprint density at radius 2 is 1.79 bits per heavy atom. The van der Waals surface area contributed by atoms with Crippen LogP contribution in [0.25, 0.3) is 10.9 Å². The summed E-state index contributed by atoms with van der Waals surface area (Å²) in [6, 6.07) is 16.9. The number of nitrogens with one attached hydrogen (secondary N) is 1. The topological polar surface area (TPSA) is 132 Å². The van der Waals surface area contributed by atoms with Gasteiger partial charge in [0.15, 0.2) is 5.78 Å². The summed E-state index contributed by atoms with van der Waals surface area (Å²) >= 11 is 0. The number of nitrogens with zero attached hydrogens (tertiary/aromatic N) is 2. The number of amides is 1. The van der Waals surface area contributed by atoms with E-state index in [1.54, 1.807) is 24.3 Å². The summed E-state index contributed by atoms with van der Waals surface area (Å²) in [5.41, 5.74) is 1.36. The number of fused-ring (bicyclic) bond motifs is 1. The van der Waals surface area contributed by atoms with Gasteiger partial charge in [0, 0.05) is 41.2 Å². The lowest BCUT2D eigenvalue weighted by molar-refractivity contribution is -0.384. The molecule has 0 radical (unpaired) electrons. The van der Waals surface area contributed by atoms with Crippen LogP contribution < -0.4 is 0 Å². The lowest BCUT2D eigenvalue weighted by Gasteiger charge is -2.22. The highest BCUT2D eigenvalue weighted by molar-refractivity contribution is 6.11. The fourth-order valence-corrected chi connectivity index (χ4v) is 4.56. The number of nitro groups is 1. The predicted octanol–water partition coefficient (Wildman–Crippen LogP) is 5.03. The maximum absolute atomic E-state index is 13.7. The number of ether oxygens (including phenoxy) is 2. The van der Waals surface area contributed by atoms with E-state index in [2.05, 4.69) is 4.98 Å². The molecule has 0 spiro atoms. The Bertz CT molecular complexity index is 1550. The van der Waals surface area contributed by atoms with Crippen molar-refractivity contribution in [2.45, 2.75) is 25.2 Å². The lowest BCUT2D eigenvalue weighted by Crippen LogP contribution is -2.41. The second-order valence-electron chi connectivity index (χ2n) is 9.03. The molecule has 1 amide bonds. The quantitative estimate of drug-likeness (QED) is 0.153. The minimum Gasteiger partial charge on any atom is -0.457 e. The molecule has 10 nitrogen and oxygen atoms in total. The Balaban J connectivity index is 1.36. The van der Waals surface area contributed by atoms with Gasteiger partial charge in [-0.15, -0.1) is 0 Å². The Morgan fingerprint density at radius 3 is 2.51 bits per heavy atom. The zero-order chi connectivity index (χ0) is 27.5. The number of H-pyrrole nitrogens is 1. The molecule has 1 aliphatic rings. The number of carbonyl (C=O) groups excluding carboxylic acids is 3. The third-order valence-corrected chi connectivity index (χ3v) is 6.50. The number of non-ortho nitro benzene ring substituents is 1. The van der Waals surface area contributed by atoms with Crippen molar-refractivity contribution >= 4 is 34.4 Å². The van der Waals surface area contributed by atoms with Crippen molar-refractivity contribution in [3.63, 3.8) is 0 Å². The van der Waals surface area contributed by atoms with Gasteiger partial charge in [0.1, 0.15) is 24.6 Å². The summed E-state index contributed by atoms with van der Waals surface area (Å²) in [7, 11) is 0. The van der Waals surface area contributed by atoms with Gasteiger partial charge in [-0.2, -0.15) is 0 Å². The molecule has 1 N–H and O–H groups in total. The number of carbonyl (C=O) groups is 3. The molecule has 0 saturated carbocycles. The van der Waals surface area contributed by atoms with E-state index in [0.717, 1.165) is 5.56 Å². The average Bonchev–Trinajstić information content (AvgIpc) is 3.56. The van der Waals surface area contributed by atoms with E-state index < -0.39 is 40.7 Å². The highest BCUT2D eigenvalue weighted by Crippen LogP contribution is 2.29. The lowest BCUT2D eigenvalue weighted by atomic mass is 10.0. The van der Waals surface area contributed by atoms with E-state index in [0.29, 0.717) is 10.9 Å². The second-order valence-corrected chi connectivity index (χ2v) is 9.03. The number of ketones is 1. The Kier molecular flexibility index (Phi) is 7.04. The maximum atomic E-state index is 13.7. The zero-order valence-corrected chi connectivity index (χ0v) is 20.4. The van der Waals surface area contributed by atoms with Crippen molar-refractivity contribution in [1.82, 2.24) is 9.88 Å². The predicted molar refractivity (Wildman–Crippen MR) is 137 cm³/mol. The normalized spacial score (nSPS) is 16.7. The largest absolute Gasteiger partial charge is 0.457 e. The Morgan fingerprint density at radius 1 is 1.05 bits per heavy atom. The number of hydrogen-bond acceptors (Lipinski definition) is 7. The van der Waals surface area contributed by atoms with Crippen LogP contribution in [0.1, 0.15) is 32.7 Å². The molecule has 2 heterocycles. The summed E-state index contributed by atoms with van der Waals surface area (Å²) in [6.45, 7) is -0.115. The van der Waals surface area contributed by atoms with Gasteiger partial charge < -0.3 is 14.5 Å². The number of hydrogen-bond donors (Lipinski definition) is 1. The molecule has 1 fully saturated rings. The van der Waals surface area contributed by atoms with Crippen molar-refractivity contribution in [2.24, 2.45) is 0 Å². The Labute approximate surface area is 221 Å². The number of benzene rings is 3. The number of Topliss-reactive ketones (excluding diaryl/α,β-unsaturated/α-hetero) is 1. The van der Waals surface area contributed by atoms with Crippen molar-refractivity contribution in [2.75, 3.05) is 6.54 Å². The number of aromatic nitrogens is 1. The van der Waals surface area contributed by atoms with Crippen LogP contribution in [0.15, 0.2) is 79.0 Å². The van der Waals surface area contributed by atoms with Gasteiger partial charge in [-0.25, -0.2) is 14.0 Å². The number of nitro benzene ring substituents is 1. The van der Waals surface area contributed by atoms with Crippen LogP contribution in [0, 0.1) is 15.9 Å². The smallest absolute Gasteiger partial charge is 0.410 e. The number of aromatic amines is 1. The van der Waals surface area contributed by atoms with E-state index in [9.17, 15) is 28.9 Å². The van der Waals surface area contributed by atoms with Crippen LogP contribution >= 0.6 is 0 Å². The summed E-state index contributed by atoms with van der Waals surface area (Å²) in [4.78, 5) is 53.9. The molecule has 0 aliphatic carbocycles. The molecule has 1 saturated heterocycles. The van der Waals surface area contributed by atoms with Gasteiger partial charge in [-0.3, -0.25) is 19.8 Å². The van der Waals surface area contributed by atoms with Crippen LogP contribution in [0.5, 0.6) is 0 Å². The van der Waals surface area contributed by atoms with Gasteiger partial charge in [-0.05, 0) is 35.9 Å². The van der Waals surface area contributed by atoms with Crippen molar-refractivity contribution in [3.05, 3.63) is 112 Å². The Hall–Kier alpha value is -5.06. The first-order valence-electron chi connectivity index (χ1n) is 12.0.